The Balaban J connectivity index is 2.54. The second-order valence-corrected chi connectivity index (χ2v) is 5.95. The molecule has 0 radical (unpaired) electrons. The van der Waals surface area contributed by atoms with Gasteiger partial charge in [-0.2, -0.15) is 18.3 Å². The summed E-state index contributed by atoms with van der Waals surface area (Å²) >= 11 is 11.6. The topological polar surface area (TPSA) is 63.1 Å². The standard InChI is InChI=1S/C14H14Cl2F3N5O/c1-20-3-4-23(2)13(25)9-7-22-24(11(9)14(17,18)19)12-10(16)5-8(15)6-21-12/h5-7,20H,3-4H2,1-2H3. The molecular formula is C14H14Cl2F3N5O. The van der Waals surface area contributed by atoms with E-state index in [2.05, 4.69) is 15.4 Å². The monoisotopic (exact) mass is 395 g/mol. The highest BCUT2D eigenvalue weighted by Crippen LogP contribution is 2.35. The first-order chi connectivity index (χ1) is 11.7. The summed E-state index contributed by atoms with van der Waals surface area (Å²) in [6, 6.07) is 1.24. The molecule has 1 N–H and O–H groups in total. The van der Waals surface area contributed by atoms with Crippen molar-refractivity contribution in [1.29, 1.82) is 0 Å². The fourth-order valence-corrected chi connectivity index (χ4v) is 2.55. The average molecular weight is 396 g/mol. The second-order valence-electron chi connectivity index (χ2n) is 5.11. The number of alkyl halides is 3. The van der Waals surface area contributed by atoms with E-state index in [1.165, 1.54) is 18.0 Å². The summed E-state index contributed by atoms with van der Waals surface area (Å²) in [6.45, 7) is 0.667. The normalized spacial score (nSPS) is 11.6. The van der Waals surface area contributed by atoms with E-state index in [4.69, 9.17) is 23.2 Å². The Labute approximate surface area is 151 Å². The number of pyridine rings is 1. The van der Waals surface area contributed by atoms with Crippen LogP contribution < -0.4 is 5.32 Å². The van der Waals surface area contributed by atoms with Crippen LogP contribution in [0, 0.1) is 0 Å². The third-order valence-electron chi connectivity index (χ3n) is 3.30. The fraction of sp³-hybridized carbons (Fsp3) is 0.357. The Morgan fingerprint density at radius 2 is 2.04 bits per heavy atom. The summed E-state index contributed by atoms with van der Waals surface area (Å²) in [5, 5.41) is 6.53. The largest absolute Gasteiger partial charge is 0.434 e. The number of aromatic nitrogens is 3. The Hall–Kier alpha value is -1.84. The highest BCUT2D eigenvalue weighted by Gasteiger charge is 2.41. The van der Waals surface area contributed by atoms with Crippen molar-refractivity contribution in [2.75, 3.05) is 27.2 Å². The number of halogens is 5. The molecule has 0 aromatic carbocycles. The Morgan fingerprint density at radius 3 is 2.60 bits per heavy atom. The zero-order valence-electron chi connectivity index (χ0n) is 13.2. The number of hydrogen-bond donors (Lipinski definition) is 1. The van der Waals surface area contributed by atoms with E-state index in [1.807, 2.05) is 0 Å². The average Bonchev–Trinajstić information content (AvgIpc) is 2.96. The molecule has 0 saturated heterocycles. The van der Waals surface area contributed by atoms with Crippen LogP contribution in [0.15, 0.2) is 18.5 Å². The van der Waals surface area contributed by atoms with Gasteiger partial charge in [-0.25, -0.2) is 9.67 Å². The first-order valence-electron chi connectivity index (χ1n) is 7.03. The molecule has 2 aromatic rings. The fourth-order valence-electron chi connectivity index (χ4n) is 2.09. The molecule has 25 heavy (non-hydrogen) atoms. The van der Waals surface area contributed by atoms with E-state index in [0.29, 0.717) is 11.2 Å². The van der Waals surface area contributed by atoms with E-state index in [9.17, 15) is 18.0 Å². The predicted molar refractivity (Wildman–Crippen MR) is 87.3 cm³/mol. The van der Waals surface area contributed by atoms with Crippen LogP contribution in [0.4, 0.5) is 13.2 Å². The summed E-state index contributed by atoms with van der Waals surface area (Å²) < 4.78 is 41.2. The van der Waals surface area contributed by atoms with Crippen LogP contribution in [0.1, 0.15) is 16.1 Å². The SMILES string of the molecule is CNCCN(C)C(=O)c1cnn(-c2ncc(Cl)cc2Cl)c1C(F)(F)F. The minimum atomic E-state index is -4.84. The summed E-state index contributed by atoms with van der Waals surface area (Å²) in [7, 11) is 3.08. The lowest BCUT2D eigenvalue weighted by molar-refractivity contribution is -0.143. The molecule has 0 saturated carbocycles. The molecule has 0 spiro atoms. The van der Waals surface area contributed by atoms with Gasteiger partial charge in [0.05, 0.1) is 21.8 Å². The quantitative estimate of drug-likeness (QED) is 0.845. The van der Waals surface area contributed by atoms with Gasteiger partial charge in [0, 0.05) is 26.3 Å². The smallest absolute Gasteiger partial charge is 0.340 e. The third-order valence-corrected chi connectivity index (χ3v) is 3.79. The maximum atomic E-state index is 13.6. The van der Waals surface area contributed by atoms with Crippen LogP contribution in [0.25, 0.3) is 5.82 Å². The number of carbonyl (C=O) groups is 1. The zero-order valence-corrected chi connectivity index (χ0v) is 14.7. The van der Waals surface area contributed by atoms with Crippen molar-refractivity contribution in [1.82, 2.24) is 25.0 Å². The molecule has 0 unspecified atom stereocenters. The number of carbonyl (C=O) groups excluding carboxylic acids is 1. The van der Waals surface area contributed by atoms with Crippen molar-refractivity contribution in [3.63, 3.8) is 0 Å². The van der Waals surface area contributed by atoms with Gasteiger partial charge in [-0.05, 0) is 13.1 Å². The summed E-state index contributed by atoms with van der Waals surface area (Å²) in [5.41, 5.74) is -1.83. The number of hydrogen-bond acceptors (Lipinski definition) is 4. The predicted octanol–water partition coefficient (Wildman–Crippen LogP) is 2.88. The van der Waals surface area contributed by atoms with E-state index >= 15 is 0 Å². The molecule has 6 nitrogen and oxygen atoms in total. The Kier molecular flexibility index (Phi) is 5.91. The van der Waals surface area contributed by atoms with Crippen molar-refractivity contribution >= 4 is 29.1 Å². The van der Waals surface area contributed by atoms with E-state index in [0.717, 1.165) is 12.4 Å². The highest BCUT2D eigenvalue weighted by atomic mass is 35.5. The van der Waals surface area contributed by atoms with Crippen LogP contribution >= 0.6 is 23.2 Å². The minimum absolute atomic E-state index is 0.122. The van der Waals surface area contributed by atoms with Crippen LogP contribution in [-0.4, -0.2) is 52.8 Å². The lowest BCUT2D eigenvalue weighted by atomic mass is 10.2. The number of nitrogens with one attached hydrogen (secondary N) is 1. The zero-order chi connectivity index (χ0) is 18.8. The van der Waals surface area contributed by atoms with Gasteiger partial charge in [0.15, 0.2) is 11.5 Å². The second kappa shape index (κ2) is 7.59. The van der Waals surface area contributed by atoms with Crippen molar-refractivity contribution in [3.8, 4) is 5.82 Å². The number of rotatable bonds is 5. The maximum absolute atomic E-state index is 13.6. The lowest BCUT2D eigenvalue weighted by Gasteiger charge is -2.18. The minimum Gasteiger partial charge on any atom is -0.340 e. The van der Waals surface area contributed by atoms with Gasteiger partial charge in [0.25, 0.3) is 5.91 Å². The molecule has 0 fully saturated rings. The van der Waals surface area contributed by atoms with Gasteiger partial charge in [0.2, 0.25) is 0 Å². The van der Waals surface area contributed by atoms with Gasteiger partial charge in [-0.3, -0.25) is 4.79 Å². The van der Waals surface area contributed by atoms with Gasteiger partial charge in [-0.15, -0.1) is 0 Å². The number of likely N-dealkylation sites (N-methyl/N-ethyl adjacent to an activating group) is 2. The van der Waals surface area contributed by atoms with E-state index in [1.54, 1.807) is 7.05 Å². The van der Waals surface area contributed by atoms with Gasteiger partial charge in [-0.1, -0.05) is 23.2 Å². The van der Waals surface area contributed by atoms with Crippen LogP contribution in [0.5, 0.6) is 0 Å². The summed E-state index contributed by atoms with van der Waals surface area (Å²) in [6.07, 6.45) is -2.84. The summed E-state index contributed by atoms with van der Waals surface area (Å²) in [4.78, 5) is 17.3. The molecule has 0 aliphatic heterocycles. The first-order valence-corrected chi connectivity index (χ1v) is 7.79. The molecule has 1 amide bonds. The van der Waals surface area contributed by atoms with Crippen LogP contribution in [0.3, 0.4) is 0 Å². The van der Waals surface area contributed by atoms with E-state index in [-0.39, 0.29) is 22.4 Å². The summed E-state index contributed by atoms with van der Waals surface area (Å²) in [5.74, 6) is -1.07. The van der Waals surface area contributed by atoms with Crippen LogP contribution in [0.2, 0.25) is 10.0 Å². The van der Waals surface area contributed by atoms with Gasteiger partial charge < -0.3 is 10.2 Å². The van der Waals surface area contributed by atoms with Crippen molar-refractivity contribution in [2.24, 2.45) is 0 Å². The van der Waals surface area contributed by atoms with Gasteiger partial charge >= 0.3 is 6.18 Å². The molecule has 2 rings (SSSR count). The van der Waals surface area contributed by atoms with Gasteiger partial charge in [0.1, 0.15) is 0 Å². The molecule has 11 heteroatoms. The lowest BCUT2D eigenvalue weighted by Crippen LogP contribution is -2.34. The number of nitrogens with zero attached hydrogens (tertiary/aromatic N) is 4. The first kappa shape index (κ1) is 19.5. The Morgan fingerprint density at radius 1 is 1.36 bits per heavy atom. The molecule has 0 aliphatic carbocycles. The van der Waals surface area contributed by atoms with E-state index < -0.39 is 23.3 Å². The third kappa shape index (κ3) is 4.23. The number of amides is 1. The van der Waals surface area contributed by atoms with Crippen molar-refractivity contribution in [2.45, 2.75) is 6.18 Å². The molecular weight excluding hydrogens is 382 g/mol. The molecule has 2 aromatic heterocycles. The highest BCUT2D eigenvalue weighted by molar-refractivity contribution is 6.35. The molecule has 0 aliphatic rings. The van der Waals surface area contributed by atoms with Crippen molar-refractivity contribution in [3.05, 3.63) is 39.8 Å². The Bertz CT molecular complexity index is 778. The maximum Gasteiger partial charge on any atom is 0.434 e. The van der Waals surface area contributed by atoms with Crippen molar-refractivity contribution < 1.29 is 18.0 Å². The molecule has 0 atom stereocenters. The van der Waals surface area contributed by atoms with Crippen LogP contribution in [-0.2, 0) is 6.18 Å². The molecule has 136 valence electrons. The molecule has 0 bridgehead atoms. The molecule has 2 heterocycles.